The summed E-state index contributed by atoms with van der Waals surface area (Å²) in [5.41, 5.74) is -2.74. The number of hydrogen-bond donors (Lipinski definition) is 7. The molecule has 11 nitrogen and oxygen atoms in total. The average molecular weight is 334 g/mol. The van der Waals surface area contributed by atoms with Crippen LogP contribution in [0.15, 0.2) is 0 Å². The topological polar surface area (TPSA) is 210 Å². The van der Waals surface area contributed by atoms with Gasteiger partial charge in [0.2, 0.25) is 0 Å². The van der Waals surface area contributed by atoms with Gasteiger partial charge in [-0.2, -0.15) is 0 Å². The molecule has 0 bridgehead atoms. The van der Waals surface area contributed by atoms with Gasteiger partial charge < -0.3 is 20.4 Å². The summed E-state index contributed by atoms with van der Waals surface area (Å²) in [5, 5.41) is 33.8. The first kappa shape index (κ1) is 19.0. The second-order valence-corrected chi connectivity index (χ2v) is 5.14. The van der Waals surface area contributed by atoms with Crippen molar-refractivity contribution < 1.29 is 50.8 Å². The molecule has 0 saturated carbocycles. The van der Waals surface area contributed by atoms with Gasteiger partial charge in [0.1, 0.15) is 0 Å². The monoisotopic (exact) mass is 334 g/mol. The first-order valence-corrected chi connectivity index (χ1v) is 7.24. The summed E-state index contributed by atoms with van der Waals surface area (Å²) in [4.78, 5) is 30.5. The summed E-state index contributed by atoms with van der Waals surface area (Å²) >= 11 is -5.12. The Kier molecular flexibility index (Phi) is 7.51. The maximum absolute atomic E-state index is 10.3. The minimum absolute atomic E-state index is 1.14. The van der Waals surface area contributed by atoms with E-state index in [1.54, 1.807) is 0 Å². The van der Waals surface area contributed by atoms with E-state index < -0.39 is 50.9 Å². The number of carboxylic acids is 3. The third kappa shape index (κ3) is 12.7. The summed E-state index contributed by atoms with van der Waals surface area (Å²) in [6, 6.07) is 0. The van der Waals surface area contributed by atoms with Crippen LogP contribution in [0.4, 0.5) is 0 Å². The average Bonchev–Trinajstić information content (AvgIpc) is 1.95. The standard InChI is InChI=1S/C6H8O7.AsH3O4/c7-3(8)1-6(13,5(11)12)2-4(9)10;2-1(3,4)5/h13H,1-2H2,(H,7,8)(H,9,10)(H,11,12);(H3,2,3,4,5). The molecule has 12 heteroatoms. The fourth-order valence-electron chi connectivity index (χ4n) is 0.714. The Labute approximate surface area is 102 Å². The number of aliphatic carboxylic acids is 3. The molecule has 0 aromatic heterocycles. The second kappa shape index (κ2) is 7.13. The molecule has 18 heavy (non-hydrogen) atoms. The maximum atomic E-state index is 10.3. The van der Waals surface area contributed by atoms with E-state index in [-0.39, 0.29) is 0 Å². The molecule has 7 N–H and O–H groups in total. The molecule has 0 atom stereocenters. The number of carbonyl (C=O) groups is 3. The van der Waals surface area contributed by atoms with Crippen molar-refractivity contribution in [3.05, 3.63) is 0 Å². The zero-order valence-corrected chi connectivity index (χ0v) is 10.5. The Bertz CT molecular complexity index is 343. The normalized spacial score (nSPS) is 11.1. The summed E-state index contributed by atoms with van der Waals surface area (Å²) in [7, 11) is 0. The molecule has 0 aliphatic carbocycles. The number of rotatable bonds is 5. The predicted octanol–water partition coefficient (Wildman–Crippen LogP) is -3.42. The molecule has 0 unspecified atom stereocenters. The summed E-state index contributed by atoms with van der Waals surface area (Å²) in [6.45, 7) is 0. The van der Waals surface area contributed by atoms with Crippen molar-refractivity contribution in [1.82, 2.24) is 0 Å². The van der Waals surface area contributed by atoms with Gasteiger partial charge in [0, 0.05) is 0 Å². The molecule has 0 radical (unpaired) electrons. The van der Waals surface area contributed by atoms with Crippen LogP contribution in [0.3, 0.4) is 0 Å². The van der Waals surface area contributed by atoms with Gasteiger partial charge in [-0.15, -0.1) is 0 Å². The van der Waals surface area contributed by atoms with Crippen LogP contribution in [0.5, 0.6) is 0 Å². The van der Waals surface area contributed by atoms with Crippen LogP contribution >= 0.6 is 0 Å². The molecule has 0 aliphatic rings. The van der Waals surface area contributed by atoms with Crippen LogP contribution in [0.2, 0.25) is 0 Å². The molecular weight excluding hydrogens is 323 g/mol. The van der Waals surface area contributed by atoms with Crippen LogP contribution in [-0.2, 0) is 18.1 Å². The third-order valence-electron chi connectivity index (χ3n) is 1.29. The van der Waals surface area contributed by atoms with E-state index in [2.05, 4.69) is 0 Å². The van der Waals surface area contributed by atoms with E-state index >= 15 is 0 Å². The molecule has 0 saturated heterocycles. The molecule has 0 spiro atoms. The van der Waals surface area contributed by atoms with Crippen molar-refractivity contribution in [1.29, 1.82) is 0 Å². The van der Waals surface area contributed by atoms with Crippen molar-refractivity contribution >= 4 is 32.4 Å². The number of hydrogen-bond acceptors (Lipinski definition) is 5. The molecule has 106 valence electrons. The van der Waals surface area contributed by atoms with Crippen molar-refractivity contribution in [3.63, 3.8) is 0 Å². The van der Waals surface area contributed by atoms with Crippen LogP contribution in [-0.4, -0.2) is 70.7 Å². The zero-order valence-electron chi connectivity index (χ0n) is 8.62. The van der Waals surface area contributed by atoms with Gasteiger partial charge in [-0.3, -0.25) is 9.59 Å². The van der Waals surface area contributed by atoms with Crippen LogP contribution < -0.4 is 0 Å². The van der Waals surface area contributed by atoms with Gasteiger partial charge in [-0.25, -0.2) is 4.79 Å². The van der Waals surface area contributed by atoms with Crippen molar-refractivity contribution in [3.8, 4) is 0 Å². The Morgan fingerprint density at radius 1 is 0.889 bits per heavy atom. The Morgan fingerprint density at radius 2 is 1.11 bits per heavy atom. The van der Waals surface area contributed by atoms with Gasteiger partial charge in [-0.1, -0.05) is 0 Å². The number of carboxylic acid groups (broad SMARTS) is 3. The summed E-state index contributed by atoms with van der Waals surface area (Å²) in [5.74, 6) is -5.02. The minimum atomic E-state index is -5.12. The molecule has 0 aliphatic heterocycles. The second-order valence-electron chi connectivity index (χ2n) is 2.99. The van der Waals surface area contributed by atoms with E-state index in [0.717, 1.165) is 0 Å². The molecular formula is C6H11AsO11. The van der Waals surface area contributed by atoms with Gasteiger partial charge >= 0.3 is 48.4 Å². The zero-order chi connectivity index (χ0) is 15.1. The molecule has 0 aromatic carbocycles. The van der Waals surface area contributed by atoms with E-state index in [9.17, 15) is 14.4 Å². The SMILES string of the molecule is O=C(O)CC(O)(CC(=O)O)C(=O)O.O=[As](O)(O)O. The molecule has 0 aromatic rings. The summed E-state index contributed by atoms with van der Waals surface area (Å²) in [6.07, 6.45) is -2.29. The third-order valence-corrected chi connectivity index (χ3v) is 1.29. The van der Waals surface area contributed by atoms with E-state index in [4.69, 9.17) is 36.5 Å². The van der Waals surface area contributed by atoms with Gasteiger partial charge in [0.15, 0.2) is 5.60 Å². The summed E-state index contributed by atoms with van der Waals surface area (Å²) < 4.78 is 30.7. The molecule has 0 amide bonds. The van der Waals surface area contributed by atoms with Crippen molar-refractivity contribution in [2.24, 2.45) is 0 Å². The van der Waals surface area contributed by atoms with Crippen LogP contribution in [0.1, 0.15) is 12.8 Å². The van der Waals surface area contributed by atoms with Crippen LogP contribution in [0.25, 0.3) is 0 Å². The van der Waals surface area contributed by atoms with Gasteiger partial charge in [0.05, 0.1) is 12.8 Å². The van der Waals surface area contributed by atoms with Crippen LogP contribution in [0, 0.1) is 0 Å². The Hall–Kier alpha value is -1.39. The predicted molar refractivity (Wildman–Crippen MR) is 50.2 cm³/mol. The van der Waals surface area contributed by atoms with E-state index in [1.165, 1.54) is 0 Å². The molecule has 0 fully saturated rings. The first-order chi connectivity index (χ1) is 7.78. The van der Waals surface area contributed by atoms with E-state index in [0.29, 0.717) is 0 Å². The van der Waals surface area contributed by atoms with Crippen molar-refractivity contribution in [2.45, 2.75) is 18.4 Å². The molecule has 0 rings (SSSR count). The molecule has 0 heterocycles. The van der Waals surface area contributed by atoms with Crippen molar-refractivity contribution in [2.75, 3.05) is 0 Å². The van der Waals surface area contributed by atoms with E-state index in [1.807, 2.05) is 0 Å². The fraction of sp³-hybridized carbons (Fsp3) is 0.500. The quantitative estimate of drug-likeness (QED) is 0.246. The van der Waals surface area contributed by atoms with Gasteiger partial charge in [0.25, 0.3) is 0 Å². The Balaban J connectivity index is 0. The fourth-order valence-corrected chi connectivity index (χ4v) is 0.714. The number of aliphatic hydroxyl groups is 1. The van der Waals surface area contributed by atoms with Gasteiger partial charge in [-0.05, 0) is 0 Å². The Morgan fingerprint density at radius 3 is 1.22 bits per heavy atom. The first-order valence-electron chi connectivity index (χ1n) is 3.95.